The lowest BCUT2D eigenvalue weighted by Crippen LogP contribution is -2.43. The zero-order valence-electron chi connectivity index (χ0n) is 14.1. The number of aromatic nitrogens is 3. The van der Waals surface area contributed by atoms with E-state index in [2.05, 4.69) is 15.2 Å². The van der Waals surface area contributed by atoms with E-state index in [0.29, 0.717) is 15.7 Å². The molecule has 3 rings (SSSR count). The molecular weight excluding hydrogens is 385 g/mol. The van der Waals surface area contributed by atoms with E-state index in [1.165, 1.54) is 11.1 Å². The Kier molecular flexibility index (Phi) is 5.77. The summed E-state index contributed by atoms with van der Waals surface area (Å²) in [4.78, 5) is 18.7. The van der Waals surface area contributed by atoms with Crippen LogP contribution in [0.2, 0.25) is 10.0 Å². The van der Waals surface area contributed by atoms with Crippen LogP contribution in [0.1, 0.15) is 59.8 Å². The van der Waals surface area contributed by atoms with E-state index in [-0.39, 0.29) is 17.5 Å². The predicted octanol–water partition coefficient (Wildman–Crippen LogP) is 4.85. The number of alkyl halides is 2. The number of nitrogens with zero attached hydrogens (tertiary/aromatic N) is 3. The summed E-state index contributed by atoms with van der Waals surface area (Å²) < 4.78 is 26.2. The van der Waals surface area contributed by atoms with Crippen LogP contribution in [0, 0.1) is 0 Å². The van der Waals surface area contributed by atoms with Crippen LogP contribution in [0.25, 0.3) is 0 Å². The quantitative estimate of drug-likeness (QED) is 0.794. The molecule has 1 fully saturated rings. The Bertz CT molecular complexity index is 799. The molecule has 5 nitrogen and oxygen atoms in total. The Labute approximate surface area is 159 Å². The molecule has 2 aromatic heterocycles. The first-order chi connectivity index (χ1) is 12.4. The van der Waals surface area contributed by atoms with Gasteiger partial charge < -0.3 is 4.90 Å². The van der Waals surface area contributed by atoms with E-state index in [9.17, 15) is 13.6 Å². The van der Waals surface area contributed by atoms with Gasteiger partial charge in [-0.15, -0.1) is 0 Å². The zero-order chi connectivity index (χ0) is 18.8. The van der Waals surface area contributed by atoms with Gasteiger partial charge in [0.05, 0.1) is 27.5 Å². The second kappa shape index (κ2) is 7.88. The van der Waals surface area contributed by atoms with Crippen LogP contribution >= 0.6 is 23.2 Å². The maximum Gasteiger partial charge on any atom is 0.280 e. The molecule has 140 valence electrons. The van der Waals surface area contributed by atoms with Crippen LogP contribution in [0.3, 0.4) is 0 Å². The number of carbonyl (C=O) groups is 1. The van der Waals surface area contributed by atoms with E-state index >= 15 is 0 Å². The van der Waals surface area contributed by atoms with Gasteiger partial charge in [0.2, 0.25) is 0 Å². The number of H-pyrrole nitrogens is 1. The highest BCUT2D eigenvalue weighted by Crippen LogP contribution is 2.39. The van der Waals surface area contributed by atoms with Crippen molar-refractivity contribution < 1.29 is 13.6 Å². The molecule has 1 saturated carbocycles. The third-order valence-corrected chi connectivity index (χ3v) is 5.36. The fraction of sp³-hybridized carbons (Fsp3) is 0.471. The van der Waals surface area contributed by atoms with Gasteiger partial charge in [0.15, 0.2) is 0 Å². The van der Waals surface area contributed by atoms with Gasteiger partial charge in [0, 0.05) is 25.2 Å². The smallest absolute Gasteiger partial charge is 0.280 e. The average Bonchev–Trinajstić information content (AvgIpc) is 3.10. The maximum atomic E-state index is 13.1. The molecule has 1 N–H and O–H groups in total. The van der Waals surface area contributed by atoms with Gasteiger partial charge in [-0.05, 0) is 18.9 Å². The molecule has 1 aliphatic carbocycles. The Hall–Kier alpha value is -1.73. The van der Waals surface area contributed by atoms with Gasteiger partial charge in [0.25, 0.3) is 12.3 Å². The number of carbonyl (C=O) groups excluding carboxylic acids is 1. The van der Waals surface area contributed by atoms with Crippen LogP contribution in [0.4, 0.5) is 8.78 Å². The minimum atomic E-state index is -2.79. The summed E-state index contributed by atoms with van der Waals surface area (Å²) in [5.41, 5.74) is 0.112. The molecule has 26 heavy (non-hydrogen) atoms. The van der Waals surface area contributed by atoms with Crippen molar-refractivity contribution in [3.05, 3.63) is 45.5 Å². The summed E-state index contributed by atoms with van der Waals surface area (Å²) in [5.74, 6) is -0.569. The third-order valence-electron chi connectivity index (χ3n) is 4.85. The molecule has 1 aliphatic rings. The van der Waals surface area contributed by atoms with Crippen LogP contribution in [-0.4, -0.2) is 39.1 Å². The number of likely N-dealkylation sites (N-methyl/N-ethyl adjacent to an activating group) is 1. The van der Waals surface area contributed by atoms with Crippen LogP contribution in [-0.2, 0) is 0 Å². The fourth-order valence-electron chi connectivity index (χ4n) is 3.57. The monoisotopic (exact) mass is 402 g/mol. The number of amides is 1. The molecule has 9 heteroatoms. The number of halogens is 4. The predicted molar refractivity (Wildman–Crippen MR) is 94.9 cm³/mol. The average molecular weight is 403 g/mol. The van der Waals surface area contributed by atoms with Crippen molar-refractivity contribution in [1.29, 1.82) is 0 Å². The first-order valence-corrected chi connectivity index (χ1v) is 9.05. The van der Waals surface area contributed by atoms with Crippen LogP contribution in [0.15, 0.2) is 18.5 Å². The molecule has 0 spiro atoms. The number of pyridine rings is 1. The fourth-order valence-corrected chi connectivity index (χ4v) is 4.09. The Morgan fingerprint density at radius 2 is 2.04 bits per heavy atom. The van der Waals surface area contributed by atoms with E-state index < -0.39 is 18.0 Å². The lowest BCUT2D eigenvalue weighted by Gasteiger charge is -2.38. The van der Waals surface area contributed by atoms with E-state index in [0.717, 1.165) is 31.9 Å². The van der Waals surface area contributed by atoms with Gasteiger partial charge >= 0.3 is 0 Å². The Morgan fingerprint density at radius 1 is 1.31 bits per heavy atom. The summed E-state index contributed by atoms with van der Waals surface area (Å²) in [5, 5.41) is 6.69. The highest BCUT2D eigenvalue weighted by molar-refractivity contribution is 6.34. The van der Waals surface area contributed by atoms with E-state index in [1.54, 1.807) is 13.1 Å². The first-order valence-electron chi connectivity index (χ1n) is 8.29. The summed E-state index contributed by atoms with van der Waals surface area (Å²) in [6, 6.07) is 1.44. The molecule has 0 unspecified atom stereocenters. The minimum Gasteiger partial charge on any atom is -0.338 e. The van der Waals surface area contributed by atoms with Gasteiger partial charge in [-0.25, -0.2) is 8.78 Å². The van der Waals surface area contributed by atoms with Crippen molar-refractivity contribution in [2.75, 3.05) is 7.05 Å². The number of hydrogen-bond acceptors (Lipinski definition) is 3. The molecule has 0 aliphatic heterocycles. The molecule has 0 aromatic carbocycles. The molecule has 2 heterocycles. The van der Waals surface area contributed by atoms with E-state index in [1.807, 2.05) is 0 Å². The second-order valence-electron chi connectivity index (χ2n) is 6.39. The van der Waals surface area contributed by atoms with Crippen molar-refractivity contribution in [3.63, 3.8) is 0 Å². The molecule has 0 radical (unpaired) electrons. The number of nitrogens with one attached hydrogen (secondary N) is 1. The Morgan fingerprint density at radius 3 is 2.73 bits per heavy atom. The van der Waals surface area contributed by atoms with Crippen molar-refractivity contribution in [3.8, 4) is 0 Å². The molecule has 1 amide bonds. The molecular formula is C17H18Cl2F2N4O. The van der Waals surface area contributed by atoms with Gasteiger partial charge in [-0.3, -0.25) is 14.9 Å². The topological polar surface area (TPSA) is 61.9 Å². The van der Waals surface area contributed by atoms with Crippen molar-refractivity contribution in [1.82, 2.24) is 20.1 Å². The van der Waals surface area contributed by atoms with E-state index in [4.69, 9.17) is 23.2 Å². The lowest BCUT2D eigenvalue weighted by atomic mass is 9.81. The summed E-state index contributed by atoms with van der Waals surface area (Å²) in [7, 11) is 1.62. The summed E-state index contributed by atoms with van der Waals surface area (Å²) in [6.45, 7) is 0. The highest BCUT2D eigenvalue weighted by Gasteiger charge is 2.35. The normalized spacial score (nSPS) is 20.4. The summed E-state index contributed by atoms with van der Waals surface area (Å²) >= 11 is 12.2. The second-order valence-corrected chi connectivity index (χ2v) is 7.24. The first kappa shape index (κ1) is 19.0. The Balaban J connectivity index is 1.89. The standard InChI is InChI=1S/C17H18Cl2F2N4O/c1-25(17(26)11-8-23-24-15(11)16(20)21)13-5-3-2-4-10(13)14-12(19)6-9(18)7-22-14/h6-8,10,13,16H,2-5H2,1H3,(H,23,24)/t10-,13-/m1/s1. The number of aromatic amines is 1. The largest absolute Gasteiger partial charge is 0.338 e. The zero-order valence-corrected chi connectivity index (χ0v) is 15.6. The lowest BCUT2D eigenvalue weighted by molar-refractivity contribution is 0.0656. The number of rotatable bonds is 4. The van der Waals surface area contributed by atoms with Crippen LogP contribution in [0.5, 0.6) is 0 Å². The molecule has 0 saturated heterocycles. The van der Waals surface area contributed by atoms with Crippen molar-refractivity contribution in [2.24, 2.45) is 0 Å². The molecule has 2 atom stereocenters. The molecule has 2 aromatic rings. The maximum absolute atomic E-state index is 13.1. The third kappa shape index (κ3) is 3.69. The minimum absolute atomic E-state index is 0.0793. The van der Waals surface area contributed by atoms with Crippen molar-refractivity contribution >= 4 is 29.1 Å². The SMILES string of the molecule is CN(C(=O)c1cn[nH]c1C(F)F)[C@@H]1CCCC[C@H]1c1ncc(Cl)cc1Cl. The van der Waals surface area contributed by atoms with Gasteiger partial charge in [0.1, 0.15) is 5.69 Å². The number of hydrogen-bond donors (Lipinski definition) is 1. The molecule has 0 bridgehead atoms. The summed E-state index contributed by atoms with van der Waals surface area (Å²) in [6.07, 6.45) is 3.36. The van der Waals surface area contributed by atoms with Crippen molar-refractivity contribution in [2.45, 2.75) is 44.1 Å². The van der Waals surface area contributed by atoms with Crippen LogP contribution < -0.4 is 0 Å². The van der Waals surface area contributed by atoms with Gasteiger partial charge in [-0.2, -0.15) is 5.10 Å². The highest BCUT2D eigenvalue weighted by atomic mass is 35.5. The van der Waals surface area contributed by atoms with Gasteiger partial charge in [-0.1, -0.05) is 36.0 Å².